The molecule has 0 aromatic carbocycles. The van der Waals surface area contributed by atoms with Gasteiger partial charge in [-0.3, -0.25) is 14.8 Å². The topological polar surface area (TPSA) is 148 Å². The SMILES string of the molecule is COc1ccc(CN2C3CC2CN(c2cnc(-c4cc(OCCN5CCC6C(CCN6C(=O)O)C5)cn5ncc(C#N)c45)cn2)C3)cn1. The molecule has 9 rings (SSSR count). The number of pyridine rings is 2. The number of ether oxygens (including phenoxy) is 2. The van der Waals surface area contributed by atoms with Crippen LogP contribution in [0, 0.1) is 17.2 Å². The van der Waals surface area contributed by atoms with Gasteiger partial charge in [0, 0.05) is 81.8 Å². The van der Waals surface area contributed by atoms with E-state index in [1.807, 2.05) is 24.5 Å². The fourth-order valence-corrected chi connectivity index (χ4v) is 8.04. The van der Waals surface area contributed by atoms with Crippen LogP contribution >= 0.6 is 0 Å². The number of piperidine rings is 2. The van der Waals surface area contributed by atoms with E-state index >= 15 is 0 Å². The average Bonchev–Trinajstić information content (AvgIpc) is 3.75. The van der Waals surface area contributed by atoms with E-state index in [0.717, 1.165) is 63.5 Å². The van der Waals surface area contributed by atoms with E-state index in [2.05, 4.69) is 36.9 Å². The van der Waals surface area contributed by atoms with Gasteiger partial charge in [-0.2, -0.15) is 10.4 Å². The molecular formula is C34H38N10O4. The molecule has 4 aromatic rings. The number of hydrogen-bond donors (Lipinski definition) is 1. The number of likely N-dealkylation sites (tertiary alicyclic amines) is 2. The van der Waals surface area contributed by atoms with Gasteiger partial charge in [-0.25, -0.2) is 19.3 Å². The molecule has 4 atom stereocenters. The Hall–Kier alpha value is -5.00. The molecule has 5 aliphatic rings. The largest absolute Gasteiger partial charge is 0.491 e. The standard InChI is InChI=1S/C34H38N10O4/c1-47-32-3-2-22(13-38-32)17-43-25-10-26(43)20-41(19-25)31-16-36-29(15-37-31)28-11-27(21-44-33(28)24(12-35)14-39-44)48-9-8-40-6-5-30-23(18-40)4-7-42(30)34(45)46/h2-3,11,13-16,21,23,25-26,30H,4-10,17-20H2,1H3,(H,45,46). The van der Waals surface area contributed by atoms with Crippen LogP contribution in [0.4, 0.5) is 10.6 Å². The maximum absolute atomic E-state index is 11.5. The minimum absolute atomic E-state index is 0.129. The Bertz CT molecular complexity index is 1830. The summed E-state index contributed by atoms with van der Waals surface area (Å²) in [6.45, 7) is 6.22. The molecule has 4 aromatic heterocycles. The molecule has 0 aliphatic carbocycles. The van der Waals surface area contributed by atoms with Crippen molar-refractivity contribution in [1.29, 1.82) is 5.26 Å². The lowest BCUT2D eigenvalue weighted by atomic mass is 9.87. The van der Waals surface area contributed by atoms with Gasteiger partial charge in [0.15, 0.2) is 0 Å². The van der Waals surface area contributed by atoms with Gasteiger partial charge in [-0.1, -0.05) is 6.07 Å². The molecule has 5 saturated heterocycles. The Morgan fingerprint density at radius 3 is 2.67 bits per heavy atom. The molecule has 0 radical (unpaired) electrons. The first-order valence-corrected chi connectivity index (χ1v) is 16.6. The van der Waals surface area contributed by atoms with Crippen molar-refractivity contribution >= 4 is 17.4 Å². The molecule has 9 heterocycles. The van der Waals surface area contributed by atoms with Gasteiger partial charge in [0.05, 0.1) is 48.7 Å². The van der Waals surface area contributed by atoms with Crippen molar-refractivity contribution in [2.24, 2.45) is 5.92 Å². The number of piperazine rings is 1. The summed E-state index contributed by atoms with van der Waals surface area (Å²) in [4.78, 5) is 34.3. The zero-order valence-corrected chi connectivity index (χ0v) is 26.9. The van der Waals surface area contributed by atoms with Crippen molar-refractivity contribution < 1.29 is 19.4 Å². The molecule has 48 heavy (non-hydrogen) atoms. The van der Waals surface area contributed by atoms with E-state index in [4.69, 9.17) is 19.4 Å². The van der Waals surface area contributed by atoms with E-state index in [1.165, 1.54) is 12.0 Å². The van der Waals surface area contributed by atoms with Crippen LogP contribution in [0.1, 0.15) is 30.4 Å². The third kappa shape index (κ3) is 5.62. The van der Waals surface area contributed by atoms with Crippen molar-refractivity contribution in [3.05, 3.63) is 60.3 Å². The van der Waals surface area contributed by atoms with Crippen LogP contribution in [0.2, 0.25) is 0 Å². The van der Waals surface area contributed by atoms with Crippen molar-refractivity contribution in [2.45, 2.75) is 43.9 Å². The predicted molar refractivity (Wildman–Crippen MR) is 175 cm³/mol. The quantitative estimate of drug-likeness (QED) is 0.284. The van der Waals surface area contributed by atoms with E-state index in [0.29, 0.717) is 59.6 Å². The zero-order chi connectivity index (χ0) is 32.8. The number of anilines is 1. The van der Waals surface area contributed by atoms with Crippen LogP contribution in [0.25, 0.3) is 16.8 Å². The molecule has 5 aliphatic heterocycles. The molecular weight excluding hydrogens is 612 g/mol. The minimum Gasteiger partial charge on any atom is -0.491 e. The molecule has 0 spiro atoms. The summed E-state index contributed by atoms with van der Waals surface area (Å²) in [5.74, 6) is 2.47. The number of methoxy groups -OCH3 is 1. The van der Waals surface area contributed by atoms with Gasteiger partial charge in [0.1, 0.15) is 24.2 Å². The van der Waals surface area contributed by atoms with Crippen LogP contribution in [-0.4, -0.2) is 122 Å². The van der Waals surface area contributed by atoms with Crippen LogP contribution in [0.5, 0.6) is 11.6 Å². The van der Waals surface area contributed by atoms with Crippen LogP contribution < -0.4 is 14.4 Å². The molecule has 14 heteroatoms. The normalized spacial score (nSPS) is 23.8. The lowest BCUT2D eigenvalue weighted by Crippen LogP contribution is -2.68. The number of fused-ring (bicyclic) bond motifs is 4. The highest BCUT2D eigenvalue weighted by atomic mass is 16.5. The van der Waals surface area contributed by atoms with Gasteiger partial charge in [0.2, 0.25) is 5.88 Å². The van der Waals surface area contributed by atoms with Crippen molar-refractivity contribution in [3.8, 4) is 29.0 Å². The molecule has 248 valence electrons. The molecule has 0 saturated carbocycles. The summed E-state index contributed by atoms with van der Waals surface area (Å²) in [5, 5.41) is 23.7. The first kappa shape index (κ1) is 30.3. The average molecular weight is 651 g/mol. The fraction of sp³-hybridized carbons (Fsp3) is 0.471. The van der Waals surface area contributed by atoms with E-state index < -0.39 is 6.09 Å². The first-order chi connectivity index (χ1) is 23.5. The van der Waals surface area contributed by atoms with Crippen LogP contribution in [-0.2, 0) is 6.54 Å². The summed E-state index contributed by atoms with van der Waals surface area (Å²) < 4.78 is 13.1. The number of hydrogen-bond acceptors (Lipinski definition) is 11. The summed E-state index contributed by atoms with van der Waals surface area (Å²) in [6, 6.07) is 9.19. The summed E-state index contributed by atoms with van der Waals surface area (Å²) in [6.07, 6.45) is 11.0. The van der Waals surface area contributed by atoms with E-state index in [1.54, 1.807) is 35.1 Å². The number of nitriles is 1. The molecule has 14 nitrogen and oxygen atoms in total. The second-order valence-corrected chi connectivity index (χ2v) is 13.2. The maximum atomic E-state index is 11.5. The lowest BCUT2D eigenvalue weighted by Gasteiger charge is -2.56. The smallest absolute Gasteiger partial charge is 0.407 e. The number of carbonyl (C=O) groups is 1. The Morgan fingerprint density at radius 2 is 1.94 bits per heavy atom. The van der Waals surface area contributed by atoms with E-state index in [9.17, 15) is 15.2 Å². The summed E-state index contributed by atoms with van der Waals surface area (Å²) >= 11 is 0. The van der Waals surface area contributed by atoms with Gasteiger partial charge >= 0.3 is 6.09 Å². The third-order valence-corrected chi connectivity index (χ3v) is 10.5. The lowest BCUT2D eigenvalue weighted by molar-refractivity contribution is -0.00879. The number of rotatable bonds is 9. The molecule has 5 fully saturated rings. The van der Waals surface area contributed by atoms with Crippen molar-refractivity contribution in [3.63, 3.8) is 0 Å². The zero-order valence-electron chi connectivity index (χ0n) is 26.9. The molecule has 2 bridgehead atoms. The Labute approximate surface area is 278 Å². The molecule has 1 N–H and O–H groups in total. The fourth-order valence-electron chi connectivity index (χ4n) is 8.04. The number of aromatic nitrogens is 5. The van der Waals surface area contributed by atoms with Crippen molar-refractivity contribution in [1.82, 2.24) is 39.3 Å². The summed E-state index contributed by atoms with van der Waals surface area (Å²) in [5.41, 5.74) is 3.69. The number of amides is 1. The predicted octanol–water partition coefficient (Wildman–Crippen LogP) is 2.98. The van der Waals surface area contributed by atoms with Gasteiger partial charge < -0.3 is 24.4 Å². The monoisotopic (exact) mass is 650 g/mol. The van der Waals surface area contributed by atoms with Crippen LogP contribution in [0.15, 0.2) is 49.2 Å². The second-order valence-electron chi connectivity index (χ2n) is 13.2. The highest BCUT2D eigenvalue weighted by molar-refractivity contribution is 5.83. The Morgan fingerprint density at radius 1 is 1.06 bits per heavy atom. The Balaban J connectivity index is 0.925. The number of carboxylic acid groups (broad SMARTS) is 1. The van der Waals surface area contributed by atoms with Gasteiger partial charge in [-0.15, -0.1) is 0 Å². The first-order valence-electron chi connectivity index (χ1n) is 16.6. The van der Waals surface area contributed by atoms with Crippen molar-refractivity contribution in [2.75, 3.05) is 57.9 Å². The highest BCUT2D eigenvalue weighted by Gasteiger charge is 2.45. The maximum Gasteiger partial charge on any atom is 0.407 e. The van der Waals surface area contributed by atoms with Gasteiger partial charge in [-0.05, 0) is 36.8 Å². The van der Waals surface area contributed by atoms with E-state index in [-0.39, 0.29) is 6.04 Å². The highest BCUT2D eigenvalue weighted by Crippen LogP contribution is 2.36. The molecule has 1 amide bonds. The van der Waals surface area contributed by atoms with Crippen LogP contribution in [0.3, 0.4) is 0 Å². The third-order valence-electron chi connectivity index (χ3n) is 10.5. The minimum atomic E-state index is -0.808. The second kappa shape index (κ2) is 12.6. The summed E-state index contributed by atoms with van der Waals surface area (Å²) in [7, 11) is 1.63. The molecule has 4 unspecified atom stereocenters. The van der Waals surface area contributed by atoms with Gasteiger partial charge in [0.25, 0.3) is 0 Å². The Kier molecular flexibility index (Phi) is 7.93. The number of nitrogens with zero attached hydrogens (tertiary/aromatic N) is 10.